The maximum Gasteiger partial charge on any atom is 0.407 e. The van der Waals surface area contributed by atoms with Crippen LogP contribution in [0.1, 0.15) is 19.3 Å². The van der Waals surface area contributed by atoms with Crippen LogP contribution < -0.4 is 9.46 Å². The Balaban J connectivity index is 1.33. The molecule has 2 aliphatic rings. The van der Waals surface area contributed by atoms with Gasteiger partial charge in [-0.3, -0.25) is 4.98 Å². The van der Waals surface area contributed by atoms with Crippen molar-refractivity contribution in [1.82, 2.24) is 18.9 Å². The molecular formula is C24H32N4O9S2. The number of aliphatic hydroxyl groups is 1. The van der Waals surface area contributed by atoms with Gasteiger partial charge in [-0.2, -0.15) is 4.31 Å². The van der Waals surface area contributed by atoms with Crippen LogP contribution in [0.4, 0.5) is 4.79 Å². The number of rotatable bonds is 10. The zero-order chi connectivity index (χ0) is 28.3. The average Bonchev–Trinajstić information content (AvgIpc) is 3.34. The van der Waals surface area contributed by atoms with Crippen molar-refractivity contribution in [3.05, 3.63) is 48.8 Å². The molecule has 2 aliphatic heterocycles. The van der Waals surface area contributed by atoms with Crippen molar-refractivity contribution in [3.8, 4) is 5.75 Å². The lowest BCUT2D eigenvalue weighted by atomic mass is 9.88. The third-order valence-corrected chi connectivity index (χ3v) is 10.3. The summed E-state index contributed by atoms with van der Waals surface area (Å²) in [6.07, 6.45) is 1.60. The molecule has 2 fully saturated rings. The van der Waals surface area contributed by atoms with Gasteiger partial charge >= 0.3 is 6.09 Å². The Morgan fingerprint density at radius 1 is 1.23 bits per heavy atom. The van der Waals surface area contributed by atoms with E-state index in [4.69, 9.17) is 9.47 Å². The smallest absolute Gasteiger partial charge is 0.407 e. The van der Waals surface area contributed by atoms with Gasteiger partial charge < -0.3 is 24.6 Å². The van der Waals surface area contributed by atoms with Gasteiger partial charge in [-0.05, 0) is 50.6 Å². The number of aromatic nitrogens is 1. The van der Waals surface area contributed by atoms with E-state index in [9.17, 15) is 31.8 Å². The van der Waals surface area contributed by atoms with Crippen LogP contribution in [-0.4, -0.2) is 105 Å². The standard InChI is InChI=1S/C24H32N4O9S2/c1-25-38(32,33)21-5-2-4-20(12-21)36-17-19(29)15-28(23(30)31)18-13-24(37-16-18)7-10-27(11-8-24)39(34,35)22-6-3-9-26-14-22/h2-6,9,12,14,18-19,25,29H,7-8,10-11,13,15-17H2,1H3,(H,30,31). The van der Waals surface area contributed by atoms with Crippen LogP contribution in [0.15, 0.2) is 58.6 Å². The molecule has 13 nitrogen and oxygen atoms in total. The lowest BCUT2D eigenvalue weighted by Gasteiger charge is -2.38. The number of sulfonamides is 2. The monoisotopic (exact) mass is 584 g/mol. The number of carbonyl (C=O) groups is 1. The summed E-state index contributed by atoms with van der Waals surface area (Å²) in [4.78, 5) is 17.2. The number of nitrogens with zero attached hydrogens (tertiary/aromatic N) is 3. The Bertz CT molecular complexity index is 1360. The summed E-state index contributed by atoms with van der Waals surface area (Å²) in [6, 6.07) is 8.27. The summed E-state index contributed by atoms with van der Waals surface area (Å²) in [5, 5.41) is 20.4. The van der Waals surface area contributed by atoms with E-state index in [1.54, 1.807) is 6.07 Å². The van der Waals surface area contributed by atoms with Gasteiger partial charge in [0.1, 0.15) is 23.4 Å². The number of aliphatic hydroxyl groups excluding tert-OH is 1. The molecule has 2 atom stereocenters. The van der Waals surface area contributed by atoms with Crippen molar-refractivity contribution in [2.24, 2.45) is 0 Å². The van der Waals surface area contributed by atoms with E-state index < -0.39 is 43.9 Å². The maximum absolute atomic E-state index is 12.9. The van der Waals surface area contributed by atoms with Gasteiger partial charge in [-0.15, -0.1) is 0 Å². The first kappa shape index (κ1) is 29.2. The van der Waals surface area contributed by atoms with E-state index in [2.05, 4.69) is 9.71 Å². The van der Waals surface area contributed by atoms with Gasteiger partial charge in [0.05, 0.1) is 29.7 Å². The third-order valence-electron chi connectivity index (χ3n) is 7.02. The Morgan fingerprint density at radius 2 is 1.95 bits per heavy atom. The Morgan fingerprint density at radius 3 is 2.59 bits per heavy atom. The molecule has 2 unspecified atom stereocenters. The fraction of sp³-hybridized carbons (Fsp3) is 0.500. The highest BCUT2D eigenvalue weighted by Crippen LogP contribution is 2.39. The lowest BCUT2D eigenvalue weighted by molar-refractivity contribution is -0.0319. The summed E-state index contributed by atoms with van der Waals surface area (Å²) in [6.45, 7) is 0.0902. The van der Waals surface area contributed by atoms with Gasteiger partial charge in [0.25, 0.3) is 0 Å². The van der Waals surface area contributed by atoms with Crippen LogP contribution in [0.2, 0.25) is 0 Å². The van der Waals surface area contributed by atoms with Gasteiger partial charge in [-0.1, -0.05) is 6.07 Å². The van der Waals surface area contributed by atoms with E-state index in [0.717, 1.165) is 4.90 Å². The largest absolute Gasteiger partial charge is 0.491 e. The molecule has 15 heteroatoms. The van der Waals surface area contributed by atoms with Crippen LogP contribution in [0.5, 0.6) is 5.75 Å². The number of ether oxygens (including phenoxy) is 2. The van der Waals surface area contributed by atoms with Gasteiger partial charge in [-0.25, -0.2) is 26.4 Å². The summed E-state index contributed by atoms with van der Waals surface area (Å²) in [5.41, 5.74) is -0.653. The molecule has 1 amide bonds. The van der Waals surface area contributed by atoms with Crippen molar-refractivity contribution in [2.75, 3.05) is 39.9 Å². The minimum Gasteiger partial charge on any atom is -0.491 e. The summed E-state index contributed by atoms with van der Waals surface area (Å²) in [7, 11) is -6.06. The van der Waals surface area contributed by atoms with Gasteiger partial charge in [0.15, 0.2) is 0 Å². The second-order valence-electron chi connectivity index (χ2n) is 9.53. The number of nitrogens with one attached hydrogen (secondary N) is 1. The second-order valence-corrected chi connectivity index (χ2v) is 13.4. The normalized spacial score (nSPS) is 20.5. The van der Waals surface area contributed by atoms with E-state index in [-0.39, 0.29) is 48.4 Å². The quantitative estimate of drug-likeness (QED) is 0.361. The lowest BCUT2D eigenvalue weighted by Crippen LogP contribution is -2.48. The number of amides is 1. The fourth-order valence-corrected chi connectivity index (χ4v) is 7.03. The zero-order valence-electron chi connectivity index (χ0n) is 21.3. The fourth-order valence-electron chi connectivity index (χ4n) is 4.86. The van der Waals surface area contributed by atoms with E-state index >= 15 is 0 Å². The predicted octanol–water partition coefficient (Wildman–Crippen LogP) is 0.722. The molecule has 214 valence electrons. The van der Waals surface area contributed by atoms with E-state index in [1.807, 2.05) is 0 Å². The van der Waals surface area contributed by atoms with Gasteiger partial charge in [0, 0.05) is 31.5 Å². The van der Waals surface area contributed by atoms with E-state index in [1.165, 1.54) is 54.1 Å². The summed E-state index contributed by atoms with van der Waals surface area (Å²) >= 11 is 0. The first-order valence-electron chi connectivity index (χ1n) is 12.3. The predicted molar refractivity (Wildman–Crippen MR) is 138 cm³/mol. The number of hydrogen-bond donors (Lipinski definition) is 3. The van der Waals surface area contributed by atoms with Crippen molar-refractivity contribution in [3.63, 3.8) is 0 Å². The summed E-state index contributed by atoms with van der Waals surface area (Å²) < 4.78 is 64.9. The Kier molecular flexibility index (Phi) is 8.78. The molecule has 1 aromatic heterocycles. The van der Waals surface area contributed by atoms with Crippen molar-refractivity contribution in [2.45, 2.75) is 46.8 Å². The second kappa shape index (κ2) is 11.7. The topological polar surface area (TPSA) is 176 Å². The molecule has 0 radical (unpaired) electrons. The highest BCUT2D eigenvalue weighted by atomic mass is 32.2. The molecule has 2 saturated heterocycles. The molecule has 39 heavy (non-hydrogen) atoms. The molecule has 2 aromatic rings. The third kappa shape index (κ3) is 6.67. The van der Waals surface area contributed by atoms with E-state index in [0.29, 0.717) is 19.3 Å². The van der Waals surface area contributed by atoms with Crippen molar-refractivity contribution < 1.29 is 41.3 Å². The summed E-state index contributed by atoms with van der Waals surface area (Å²) in [5.74, 6) is 0.211. The molecule has 1 aromatic carbocycles. The van der Waals surface area contributed by atoms with Crippen LogP contribution in [0.3, 0.4) is 0 Å². The van der Waals surface area contributed by atoms with Crippen LogP contribution in [0, 0.1) is 0 Å². The van der Waals surface area contributed by atoms with Crippen LogP contribution in [-0.2, 0) is 24.8 Å². The molecule has 0 bridgehead atoms. The number of hydrogen-bond acceptors (Lipinski definition) is 9. The molecular weight excluding hydrogens is 552 g/mol. The number of piperidine rings is 1. The maximum atomic E-state index is 12.9. The molecule has 0 aliphatic carbocycles. The number of benzene rings is 1. The Labute approximate surface area is 227 Å². The van der Waals surface area contributed by atoms with Crippen molar-refractivity contribution in [1.29, 1.82) is 0 Å². The first-order valence-corrected chi connectivity index (χ1v) is 15.3. The SMILES string of the molecule is CNS(=O)(=O)c1cccc(OCC(O)CN(C(=O)O)C2COC3(CCN(S(=O)(=O)c4cccnc4)CC3)C2)c1. The molecule has 1 spiro atoms. The van der Waals surface area contributed by atoms with Crippen LogP contribution in [0.25, 0.3) is 0 Å². The van der Waals surface area contributed by atoms with Gasteiger partial charge in [0.2, 0.25) is 20.0 Å². The minimum atomic E-state index is -3.68. The molecule has 3 N–H and O–H groups in total. The Hall–Kier alpha value is -2.82. The highest BCUT2D eigenvalue weighted by Gasteiger charge is 2.47. The van der Waals surface area contributed by atoms with Crippen LogP contribution >= 0.6 is 0 Å². The number of carboxylic acid groups (broad SMARTS) is 1. The molecule has 4 rings (SSSR count). The average molecular weight is 585 g/mol. The minimum absolute atomic E-state index is 0.00293. The zero-order valence-corrected chi connectivity index (χ0v) is 23.0. The number of pyridine rings is 1. The highest BCUT2D eigenvalue weighted by molar-refractivity contribution is 7.89. The molecule has 0 saturated carbocycles. The van der Waals surface area contributed by atoms with Crippen molar-refractivity contribution >= 4 is 26.1 Å². The first-order chi connectivity index (χ1) is 18.5. The molecule has 3 heterocycles.